The van der Waals surface area contributed by atoms with Crippen LogP contribution in [0.25, 0.3) is 0 Å². The number of hydrogen-bond acceptors (Lipinski definition) is 7. The predicted octanol–water partition coefficient (Wildman–Crippen LogP) is 2.03. The fraction of sp³-hybridized carbons (Fsp3) is 0.500. The van der Waals surface area contributed by atoms with Crippen molar-refractivity contribution >= 4 is 6.03 Å². The monoisotopic (exact) mass is 374 g/mol. The van der Waals surface area contributed by atoms with Crippen LogP contribution in [-0.2, 0) is 17.8 Å². The molecule has 1 aromatic heterocycles. The van der Waals surface area contributed by atoms with Crippen LogP contribution in [0.3, 0.4) is 0 Å². The van der Waals surface area contributed by atoms with E-state index >= 15 is 0 Å². The molecule has 1 fully saturated rings. The van der Waals surface area contributed by atoms with Crippen LogP contribution in [0.1, 0.15) is 37.2 Å². The summed E-state index contributed by atoms with van der Waals surface area (Å²) in [5, 5.41) is 6.81. The molecule has 9 heteroatoms. The molecule has 1 unspecified atom stereocenters. The fourth-order valence-corrected chi connectivity index (χ4v) is 2.93. The van der Waals surface area contributed by atoms with E-state index in [1.54, 1.807) is 4.90 Å². The highest BCUT2D eigenvalue weighted by Crippen LogP contribution is 2.34. The zero-order valence-electron chi connectivity index (χ0n) is 15.3. The average molecular weight is 374 g/mol. The number of benzene rings is 1. The molecule has 2 aliphatic heterocycles. The predicted molar refractivity (Wildman–Crippen MR) is 93.3 cm³/mol. The third kappa shape index (κ3) is 3.82. The van der Waals surface area contributed by atoms with E-state index < -0.39 is 0 Å². The van der Waals surface area contributed by atoms with Crippen molar-refractivity contribution in [2.45, 2.75) is 39.0 Å². The summed E-state index contributed by atoms with van der Waals surface area (Å²) in [7, 11) is 0. The maximum Gasteiger partial charge on any atom is 0.318 e. The first-order valence-electron chi connectivity index (χ1n) is 9.00. The van der Waals surface area contributed by atoms with Gasteiger partial charge < -0.3 is 29.0 Å². The van der Waals surface area contributed by atoms with E-state index in [1.807, 2.05) is 32.0 Å². The van der Waals surface area contributed by atoms with E-state index in [2.05, 4.69) is 15.5 Å². The Balaban J connectivity index is 1.22. The molecule has 144 valence electrons. The molecule has 3 heterocycles. The maximum absolute atomic E-state index is 12.4. The number of fused-ring (bicyclic) bond motifs is 1. The fourth-order valence-electron chi connectivity index (χ4n) is 2.93. The summed E-state index contributed by atoms with van der Waals surface area (Å²) in [6, 6.07) is 5.42. The highest BCUT2D eigenvalue weighted by Gasteiger charge is 2.32. The zero-order valence-corrected chi connectivity index (χ0v) is 15.3. The molecule has 0 saturated carbocycles. The van der Waals surface area contributed by atoms with E-state index in [1.165, 1.54) is 0 Å². The number of nitrogens with zero attached hydrogens (tertiary/aromatic N) is 3. The molecule has 0 aliphatic carbocycles. The molecule has 1 N–H and O–H groups in total. The number of carbonyl (C=O) groups excluding carboxylic acids is 1. The third-order valence-corrected chi connectivity index (χ3v) is 4.64. The first-order valence-corrected chi connectivity index (χ1v) is 9.00. The lowest BCUT2D eigenvalue weighted by Crippen LogP contribution is -2.57. The second kappa shape index (κ2) is 7.43. The van der Waals surface area contributed by atoms with Crippen molar-refractivity contribution in [2.75, 3.05) is 19.9 Å². The van der Waals surface area contributed by atoms with Crippen molar-refractivity contribution in [3.8, 4) is 11.5 Å². The minimum atomic E-state index is -0.141. The lowest BCUT2D eigenvalue weighted by molar-refractivity contribution is -0.0518. The van der Waals surface area contributed by atoms with E-state index in [9.17, 15) is 4.79 Å². The Bertz CT molecular complexity index is 818. The molecule has 2 aromatic rings. The SMILES string of the molecule is CCc1noc(COC2CN(C(=O)NC(C)c3ccc4c(c3)OCO4)C2)n1. The van der Waals surface area contributed by atoms with Gasteiger partial charge in [0.1, 0.15) is 6.61 Å². The summed E-state index contributed by atoms with van der Waals surface area (Å²) in [5.41, 5.74) is 0.962. The van der Waals surface area contributed by atoms with Crippen molar-refractivity contribution in [1.82, 2.24) is 20.4 Å². The second-order valence-corrected chi connectivity index (χ2v) is 6.58. The van der Waals surface area contributed by atoms with Gasteiger partial charge in [-0.25, -0.2) is 4.79 Å². The summed E-state index contributed by atoms with van der Waals surface area (Å²) >= 11 is 0. The van der Waals surface area contributed by atoms with Gasteiger partial charge >= 0.3 is 6.03 Å². The first-order chi connectivity index (χ1) is 13.1. The van der Waals surface area contributed by atoms with Crippen LogP contribution in [0.4, 0.5) is 4.79 Å². The average Bonchev–Trinajstić information content (AvgIpc) is 3.28. The molecule has 1 atom stereocenters. The number of aromatic nitrogens is 2. The Morgan fingerprint density at radius 3 is 2.96 bits per heavy atom. The molecule has 4 rings (SSSR count). The number of ether oxygens (including phenoxy) is 3. The van der Waals surface area contributed by atoms with Gasteiger partial charge in [-0.1, -0.05) is 18.1 Å². The summed E-state index contributed by atoms with van der Waals surface area (Å²) in [6.07, 6.45) is 0.705. The number of nitrogens with one attached hydrogen (secondary N) is 1. The Morgan fingerprint density at radius 2 is 2.19 bits per heavy atom. The highest BCUT2D eigenvalue weighted by atomic mass is 16.7. The first kappa shape index (κ1) is 17.6. The number of amides is 2. The molecule has 2 amide bonds. The van der Waals surface area contributed by atoms with Crippen molar-refractivity contribution in [3.63, 3.8) is 0 Å². The number of urea groups is 1. The Hall–Kier alpha value is -2.81. The molecule has 2 aliphatic rings. The summed E-state index contributed by atoms with van der Waals surface area (Å²) in [6.45, 7) is 5.47. The van der Waals surface area contributed by atoms with E-state index in [-0.39, 0.29) is 31.6 Å². The number of likely N-dealkylation sites (tertiary alicyclic amines) is 1. The van der Waals surface area contributed by atoms with Gasteiger partial charge in [-0.3, -0.25) is 0 Å². The number of rotatable bonds is 6. The molecular weight excluding hydrogens is 352 g/mol. The molecule has 1 saturated heterocycles. The van der Waals surface area contributed by atoms with Crippen LogP contribution in [-0.4, -0.2) is 47.1 Å². The van der Waals surface area contributed by atoms with Gasteiger partial charge in [0.15, 0.2) is 17.3 Å². The number of aryl methyl sites for hydroxylation is 1. The Labute approximate surface area is 156 Å². The van der Waals surface area contributed by atoms with Crippen LogP contribution in [0, 0.1) is 0 Å². The second-order valence-electron chi connectivity index (χ2n) is 6.58. The van der Waals surface area contributed by atoms with Crippen LogP contribution in [0.15, 0.2) is 22.7 Å². The van der Waals surface area contributed by atoms with Crippen molar-refractivity contribution in [1.29, 1.82) is 0 Å². The van der Waals surface area contributed by atoms with Gasteiger partial charge in [0.25, 0.3) is 5.89 Å². The largest absolute Gasteiger partial charge is 0.454 e. The van der Waals surface area contributed by atoms with Crippen molar-refractivity contribution in [2.24, 2.45) is 0 Å². The van der Waals surface area contributed by atoms with E-state index in [0.29, 0.717) is 30.6 Å². The van der Waals surface area contributed by atoms with Crippen LogP contribution in [0.2, 0.25) is 0 Å². The van der Waals surface area contributed by atoms with Gasteiger partial charge in [0.05, 0.1) is 25.2 Å². The summed E-state index contributed by atoms with van der Waals surface area (Å²) in [5.74, 6) is 2.57. The van der Waals surface area contributed by atoms with Crippen LogP contribution in [0.5, 0.6) is 11.5 Å². The van der Waals surface area contributed by atoms with E-state index in [0.717, 1.165) is 17.7 Å². The molecule has 0 radical (unpaired) electrons. The standard InChI is InChI=1S/C18H22N4O5/c1-3-16-20-17(27-21-16)9-24-13-7-22(8-13)18(23)19-11(2)12-4-5-14-15(6-12)26-10-25-14/h4-6,11,13H,3,7-10H2,1-2H3,(H,19,23). The van der Waals surface area contributed by atoms with Crippen molar-refractivity contribution in [3.05, 3.63) is 35.5 Å². The zero-order chi connectivity index (χ0) is 18.8. The van der Waals surface area contributed by atoms with Gasteiger partial charge in [0, 0.05) is 6.42 Å². The van der Waals surface area contributed by atoms with Crippen LogP contribution >= 0.6 is 0 Å². The summed E-state index contributed by atoms with van der Waals surface area (Å²) < 4.78 is 21.5. The number of hydrogen-bond donors (Lipinski definition) is 1. The quantitative estimate of drug-likeness (QED) is 0.826. The molecule has 9 nitrogen and oxygen atoms in total. The maximum atomic E-state index is 12.4. The van der Waals surface area contributed by atoms with E-state index in [4.69, 9.17) is 18.7 Å². The Kier molecular flexibility index (Phi) is 4.85. The number of carbonyl (C=O) groups is 1. The van der Waals surface area contributed by atoms with Crippen LogP contribution < -0.4 is 14.8 Å². The van der Waals surface area contributed by atoms with Crippen molar-refractivity contribution < 1.29 is 23.5 Å². The molecule has 27 heavy (non-hydrogen) atoms. The minimum absolute atomic E-state index is 0.0198. The third-order valence-electron chi connectivity index (χ3n) is 4.64. The van der Waals surface area contributed by atoms with Gasteiger partial charge in [-0.05, 0) is 24.6 Å². The van der Waals surface area contributed by atoms with Gasteiger partial charge in [0.2, 0.25) is 6.79 Å². The Morgan fingerprint density at radius 1 is 1.37 bits per heavy atom. The van der Waals surface area contributed by atoms with Gasteiger partial charge in [-0.15, -0.1) is 0 Å². The lowest BCUT2D eigenvalue weighted by Gasteiger charge is -2.39. The van der Waals surface area contributed by atoms with Gasteiger partial charge in [-0.2, -0.15) is 4.98 Å². The topological polar surface area (TPSA) is 99.0 Å². The molecule has 0 bridgehead atoms. The normalized spacial score (nSPS) is 16.9. The lowest BCUT2D eigenvalue weighted by atomic mass is 10.1. The molecule has 0 spiro atoms. The molecular formula is C18H22N4O5. The smallest absolute Gasteiger partial charge is 0.318 e. The molecule has 1 aromatic carbocycles. The minimum Gasteiger partial charge on any atom is -0.454 e. The summed E-state index contributed by atoms with van der Waals surface area (Å²) in [4.78, 5) is 18.3. The highest BCUT2D eigenvalue weighted by molar-refractivity contribution is 5.75.